The highest BCUT2D eigenvalue weighted by Crippen LogP contribution is 2.28. The van der Waals surface area contributed by atoms with Crippen LogP contribution in [0.2, 0.25) is 0 Å². The van der Waals surface area contributed by atoms with E-state index in [0.29, 0.717) is 0 Å². The molecule has 0 unspecified atom stereocenters. The van der Waals surface area contributed by atoms with Gasteiger partial charge in [-0.15, -0.1) is 0 Å². The van der Waals surface area contributed by atoms with Gasteiger partial charge in [0.15, 0.2) is 0 Å². The quantitative estimate of drug-likeness (QED) is 0.242. The predicted octanol–water partition coefficient (Wildman–Crippen LogP) is -0.356. The lowest BCUT2D eigenvalue weighted by molar-refractivity contribution is -0.133. The smallest absolute Gasteiger partial charge is 0.314 e. The molecule has 2 aromatic carbocycles. The third-order valence-electron chi connectivity index (χ3n) is 3.94. The third kappa shape index (κ3) is 4.56. The fourth-order valence-corrected chi connectivity index (χ4v) is 2.52. The maximum atomic E-state index is 12.1. The van der Waals surface area contributed by atoms with Crippen LogP contribution in [0, 0.1) is 0 Å². The Morgan fingerprint density at radius 3 is 1.07 bits per heavy atom. The molecule has 0 atom stereocenters. The first-order valence-electron chi connectivity index (χ1n) is 8.09. The van der Waals surface area contributed by atoms with Crippen LogP contribution >= 0.6 is 0 Å². The van der Waals surface area contributed by atoms with Crippen LogP contribution in [-0.2, 0) is 36.0 Å². The molecule has 0 aliphatic rings. The molecular formula is C18H20N2O8. The number of aliphatic hydroxyl groups excluding tert-OH is 4. The van der Waals surface area contributed by atoms with E-state index in [2.05, 4.69) is 10.6 Å². The average molecular weight is 392 g/mol. The molecule has 0 aliphatic carbocycles. The number of amides is 2. The number of aromatic hydroxyl groups is 2. The van der Waals surface area contributed by atoms with Gasteiger partial charge in [0.2, 0.25) is 0 Å². The van der Waals surface area contributed by atoms with Crippen LogP contribution in [0.1, 0.15) is 22.3 Å². The van der Waals surface area contributed by atoms with E-state index in [1.807, 2.05) is 0 Å². The Bertz CT molecular complexity index is 774. The first kappa shape index (κ1) is 21.1. The SMILES string of the molecule is O=C(Nc1cc(CO)c(O)c(CO)c1)C(=O)Nc1cc(CO)c(O)c(CO)c1. The summed E-state index contributed by atoms with van der Waals surface area (Å²) < 4.78 is 0. The molecule has 0 saturated carbocycles. The van der Waals surface area contributed by atoms with Gasteiger partial charge in [0.25, 0.3) is 0 Å². The number of nitrogens with one attached hydrogen (secondary N) is 2. The molecule has 0 aromatic heterocycles. The standard InChI is InChI=1S/C18H20N2O8/c21-5-9-1-13(2-10(6-22)15(9)25)19-17(27)18(28)20-14-3-11(7-23)16(26)12(4-14)8-24/h1-4,21-26H,5-8H2,(H,19,27)(H,20,28). The van der Waals surface area contributed by atoms with Gasteiger partial charge in [-0.3, -0.25) is 9.59 Å². The van der Waals surface area contributed by atoms with Gasteiger partial charge in [0.05, 0.1) is 26.4 Å². The highest BCUT2D eigenvalue weighted by molar-refractivity contribution is 6.43. The predicted molar refractivity (Wildman–Crippen MR) is 97.2 cm³/mol. The van der Waals surface area contributed by atoms with Crippen molar-refractivity contribution >= 4 is 23.2 Å². The van der Waals surface area contributed by atoms with Crippen LogP contribution in [0.15, 0.2) is 24.3 Å². The van der Waals surface area contributed by atoms with Crippen LogP contribution in [0.3, 0.4) is 0 Å². The summed E-state index contributed by atoms with van der Waals surface area (Å²) in [6, 6.07) is 4.98. The Morgan fingerprint density at radius 1 is 0.607 bits per heavy atom. The van der Waals surface area contributed by atoms with Gasteiger partial charge in [-0.2, -0.15) is 0 Å². The Morgan fingerprint density at radius 2 is 0.857 bits per heavy atom. The van der Waals surface area contributed by atoms with Crippen LogP contribution < -0.4 is 10.6 Å². The maximum absolute atomic E-state index is 12.1. The summed E-state index contributed by atoms with van der Waals surface area (Å²) in [4.78, 5) is 24.2. The fraction of sp³-hybridized carbons (Fsp3) is 0.222. The molecule has 0 bridgehead atoms. The second kappa shape index (κ2) is 9.15. The van der Waals surface area contributed by atoms with E-state index in [4.69, 9.17) is 0 Å². The van der Waals surface area contributed by atoms with Crippen LogP contribution in [-0.4, -0.2) is 42.5 Å². The number of benzene rings is 2. The minimum Gasteiger partial charge on any atom is -0.507 e. The van der Waals surface area contributed by atoms with Crippen molar-refractivity contribution in [2.75, 3.05) is 10.6 Å². The van der Waals surface area contributed by atoms with Gasteiger partial charge in [0, 0.05) is 33.6 Å². The number of carbonyl (C=O) groups is 2. The molecular weight excluding hydrogens is 372 g/mol. The normalized spacial score (nSPS) is 10.6. The zero-order valence-corrected chi connectivity index (χ0v) is 14.6. The fourth-order valence-electron chi connectivity index (χ4n) is 2.52. The highest BCUT2D eigenvalue weighted by atomic mass is 16.3. The van der Waals surface area contributed by atoms with Crippen molar-refractivity contribution in [3.63, 3.8) is 0 Å². The molecule has 2 rings (SSSR count). The van der Waals surface area contributed by atoms with Crippen molar-refractivity contribution in [2.24, 2.45) is 0 Å². The van der Waals surface area contributed by atoms with Crippen molar-refractivity contribution in [1.82, 2.24) is 0 Å². The van der Waals surface area contributed by atoms with Gasteiger partial charge >= 0.3 is 11.8 Å². The van der Waals surface area contributed by atoms with E-state index in [-0.39, 0.29) is 45.1 Å². The van der Waals surface area contributed by atoms with Crippen molar-refractivity contribution < 1.29 is 40.2 Å². The van der Waals surface area contributed by atoms with Gasteiger partial charge in [0.1, 0.15) is 11.5 Å². The van der Waals surface area contributed by atoms with Crippen molar-refractivity contribution in [2.45, 2.75) is 26.4 Å². The van der Waals surface area contributed by atoms with Gasteiger partial charge < -0.3 is 41.3 Å². The van der Waals surface area contributed by atoms with E-state index in [1.165, 1.54) is 24.3 Å². The Kier molecular flexibility index (Phi) is 6.90. The molecule has 2 amide bonds. The summed E-state index contributed by atoms with van der Waals surface area (Å²) in [6.45, 7) is -2.18. The topological polar surface area (TPSA) is 180 Å². The van der Waals surface area contributed by atoms with Gasteiger partial charge in [-0.1, -0.05) is 0 Å². The van der Waals surface area contributed by atoms with Crippen LogP contribution in [0.5, 0.6) is 11.5 Å². The largest absolute Gasteiger partial charge is 0.507 e. The maximum Gasteiger partial charge on any atom is 0.314 e. The Balaban J connectivity index is 2.19. The summed E-state index contributed by atoms with van der Waals surface area (Å²) in [6.07, 6.45) is 0. The number of phenols is 2. The molecule has 0 aliphatic heterocycles. The summed E-state index contributed by atoms with van der Waals surface area (Å²) in [5.74, 6) is -2.79. The second-order valence-electron chi connectivity index (χ2n) is 5.83. The van der Waals surface area contributed by atoms with Crippen molar-refractivity contribution in [1.29, 1.82) is 0 Å². The first-order chi connectivity index (χ1) is 13.3. The van der Waals surface area contributed by atoms with Crippen LogP contribution in [0.25, 0.3) is 0 Å². The zero-order valence-electron chi connectivity index (χ0n) is 14.6. The molecule has 0 radical (unpaired) electrons. The molecule has 10 nitrogen and oxygen atoms in total. The van der Waals surface area contributed by atoms with E-state index >= 15 is 0 Å². The van der Waals surface area contributed by atoms with Crippen molar-refractivity contribution in [3.05, 3.63) is 46.5 Å². The molecule has 0 fully saturated rings. The molecule has 10 heteroatoms. The van der Waals surface area contributed by atoms with Crippen molar-refractivity contribution in [3.8, 4) is 11.5 Å². The number of rotatable bonds is 6. The minimum atomic E-state index is -1.08. The molecule has 8 N–H and O–H groups in total. The number of anilines is 2. The molecule has 28 heavy (non-hydrogen) atoms. The lowest BCUT2D eigenvalue weighted by atomic mass is 10.1. The first-order valence-corrected chi connectivity index (χ1v) is 8.09. The van der Waals surface area contributed by atoms with E-state index in [9.17, 15) is 40.2 Å². The second-order valence-corrected chi connectivity index (χ2v) is 5.83. The number of hydrogen-bond donors (Lipinski definition) is 8. The molecule has 2 aromatic rings. The summed E-state index contributed by atoms with van der Waals surface area (Å²) in [5, 5.41) is 61.1. The number of carbonyl (C=O) groups excluding carboxylic acids is 2. The Hall–Kier alpha value is -3.18. The monoisotopic (exact) mass is 392 g/mol. The minimum absolute atomic E-state index is 0.0565. The highest BCUT2D eigenvalue weighted by Gasteiger charge is 2.18. The molecule has 0 spiro atoms. The lowest BCUT2D eigenvalue weighted by Crippen LogP contribution is -2.29. The molecule has 0 heterocycles. The summed E-state index contributed by atoms with van der Waals surface area (Å²) in [5.41, 5.74) is 0.372. The third-order valence-corrected chi connectivity index (χ3v) is 3.94. The van der Waals surface area contributed by atoms with Gasteiger partial charge in [-0.25, -0.2) is 0 Å². The zero-order chi connectivity index (χ0) is 20.8. The summed E-state index contributed by atoms with van der Waals surface area (Å²) in [7, 11) is 0. The number of aliphatic hydroxyl groups is 4. The molecule has 0 saturated heterocycles. The number of hydrogen-bond acceptors (Lipinski definition) is 8. The summed E-state index contributed by atoms with van der Waals surface area (Å²) >= 11 is 0. The van der Waals surface area contributed by atoms with E-state index in [0.717, 1.165) is 0 Å². The average Bonchev–Trinajstić information content (AvgIpc) is 2.69. The van der Waals surface area contributed by atoms with E-state index < -0.39 is 38.2 Å². The lowest BCUT2D eigenvalue weighted by Gasteiger charge is -2.13. The Labute approximate surface area is 159 Å². The molecule has 150 valence electrons. The van der Waals surface area contributed by atoms with Gasteiger partial charge in [-0.05, 0) is 24.3 Å². The van der Waals surface area contributed by atoms with E-state index in [1.54, 1.807) is 0 Å². The van der Waals surface area contributed by atoms with Crippen LogP contribution in [0.4, 0.5) is 11.4 Å².